The van der Waals surface area contributed by atoms with Crippen LogP contribution >= 0.6 is 0 Å². The number of ether oxygens (including phenoxy) is 2. The summed E-state index contributed by atoms with van der Waals surface area (Å²) in [5, 5.41) is 2.27. The SMILES string of the molecule is CC(C)(C)O[C-]=O.[CH2-]Cc1c([CH2-])nc(OC[C@@H]2CCCN2C)nc1N1C[CH-]CC[CH-]C1.[Li+].[Li+].[c-]1cncc2ccccc12. The largest absolute Gasteiger partial charge is 1.00 e. The molecule has 0 unspecified atom stereocenters. The molecule has 3 aromatic rings. The Morgan fingerprint density at radius 3 is 2.40 bits per heavy atom. The molecule has 2 aliphatic rings. The molecule has 0 bridgehead atoms. The topological polar surface area (TPSA) is 80.7 Å². The molecular weight excluding hydrogens is 528 g/mol. The minimum Gasteiger partial charge on any atom is -0.649 e. The van der Waals surface area contributed by atoms with Crippen molar-refractivity contribution in [1.29, 1.82) is 0 Å². The van der Waals surface area contributed by atoms with E-state index in [1.54, 1.807) is 27.0 Å². The van der Waals surface area contributed by atoms with Gasteiger partial charge in [-0.05, 0) is 59.6 Å². The van der Waals surface area contributed by atoms with Crippen LogP contribution in [0.2, 0.25) is 0 Å². The maximum Gasteiger partial charge on any atom is 1.00 e. The average molecular weight is 572 g/mol. The van der Waals surface area contributed by atoms with Crippen molar-refractivity contribution in [3.8, 4) is 6.01 Å². The Balaban J connectivity index is 0.000000402. The molecule has 0 amide bonds. The van der Waals surface area contributed by atoms with E-state index >= 15 is 0 Å². The number of fused-ring (bicyclic) bond motifs is 1. The van der Waals surface area contributed by atoms with Crippen LogP contribution in [-0.2, 0) is 16.0 Å². The molecule has 2 saturated heterocycles. The average Bonchev–Trinajstić information content (AvgIpc) is 3.18. The number of likely N-dealkylation sites (N-methyl/N-ethyl adjacent to an activating group) is 1. The molecule has 43 heavy (non-hydrogen) atoms. The Morgan fingerprint density at radius 1 is 1.14 bits per heavy atom. The molecule has 2 aromatic heterocycles. The van der Waals surface area contributed by atoms with Crippen LogP contribution < -0.4 is 47.4 Å². The first-order chi connectivity index (χ1) is 19.7. The van der Waals surface area contributed by atoms with Gasteiger partial charge in [0.15, 0.2) is 0 Å². The van der Waals surface area contributed by atoms with Crippen molar-refractivity contribution in [3.63, 3.8) is 0 Å². The maximum absolute atomic E-state index is 9.47. The Morgan fingerprint density at radius 2 is 1.84 bits per heavy atom. The Labute approximate surface area is 283 Å². The number of anilines is 1. The van der Waals surface area contributed by atoms with Gasteiger partial charge in [0.25, 0.3) is 0 Å². The van der Waals surface area contributed by atoms with Gasteiger partial charge in [-0.2, -0.15) is 28.1 Å². The van der Waals surface area contributed by atoms with E-state index in [-0.39, 0.29) is 43.3 Å². The molecule has 8 nitrogen and oxygen atoms in total. The van der Waals surface area contributed by atoms with Gasteiger partial charge in [0, 0.05) is 11.9 Å². The molecule has 0 radical (unpaired) electrons. The number of pyridine rings is 1. The van der Waals surface area contributed by atoms with E-state index in [9.17, 15) is 4.79 Å². The van der Waals surface area contributed by atoms with Crippen molar-refractivity contribution in [2.24, 2.45) is 0 Å². The fraction of sp³-hybridized carbons (Fsp3) is 0.455. The minimum absolute atomic E-state index is 0. The van der Waals surface area contributed by atoms with E-state index in [1.807, 2.05) is 30.5 Å². The van der Waals surface area contributed by atoms with Gasteiger partial charge in [-0.1, -0.05) is 18.2 Å². The van der Waals surface area contributed by atoms with Gasteiger partial charge >= 0.3 is 43.7 Å². The Bertz CT molecular complexity index is 1150. The summed E-state index contributed by atoms with van der Waals surface area (Å²) in [4.78, 5) is 27.2. The van der Waals surface area contributed by atoms with E-state index in [0.717, 1.165) is 60.3 Å². The quantitative estimate of drug-likeness (QED) is 0.288. The fourth-order valence-electron chi connectivity index (χ4n) is 4.51. The molecule has 10 heteroatoms. The van der Waals surface area contributed by atoms with Gasteiger partial charge in [-0.25, -0.2) is 31.2 Å². The number of carbonyl (C=O) groups excluding carboxylic acids is 1. The minimum atomic E-state index is -0.373. The second-order valence-corrected chi connectivity index (χ2v) is 11.1. The van der Waals surface area contributed by atoms with Crippen molar-refractivity contribution < 1.29 is 52.0 Å². The molecular formula is C33H43Li2N5O3-4. The summed E-state index contributed by atoms with van der Waals surface area (Å²) in [5.74, 6) is 0.925. The first-order valence-corrected chi connectivity index (χ1v) is 14.2. The standard InChI is InChI=1S/C19H28N4O.C9H6N.C5H9O2.2Li/c1-4-17-15(2)20-19(24-14-16-10-9-11-22(16)3)21-18(17)23-12-7-5-6-8-13-23;1-2-4-9-7-10-6-5-8(9)3-1;1-5(2,3)7-4-6;;/h7-8,16H,1-2,4-6,9-14H2,3H3;1-4,6-7H;1-3H3;;/q-4;2*-1;2*+1/t16-;;;;/m0..../s1. The van der Waals surface area contributed by atoms with Gasteiger partial charge in [0.2, 0.25) is 0 Å². The number of aromatic nitrogens is 3. The van der Waals surface area contributed by atoms with Gasteiger partial charge < -0.3 is 43.8 Å². The number of rotatable bonds is 6. The van der Waals surface area contributed by atoms with Crippen molar-refractivity contribution in [3.05, 3.63) is 80.7 Å². The summed E-state index contributed by atoms with van der Waals surface area (Å²) in [6.07, 6.45) is 13.4. The Hall–Kier alpha value is -2.20. The van der Waals surface area contributed by atoms with Crippen molar-refractivity contribution in [2.45, 2.75) is 64.5 Å². The van der Waals surface area contributed by atoms with Crippen LogP contribution in [0.4, 0.5) is 5.82 Å². The summed E-state index contributed by atoms with van der Waals surface area (Å²) in [5.41, 5.74) is 1.37. The molecule has 5 rings (SSSR count). The predicted octanol–water partition coefficient (Wildman–Crippen LogP) is -0.571. The van der Waals surface area contributed by atoms with Gasteiger partial charge in [0.1, 0.15) is 6.61 Å². The number of benzene rings is 1. The summed E-state index contributed by atoms with van der Waals surface area (Å²) in [7, 11) is 2.15. The van der Waals surface area contributed by atoms with Crippen LogP contribution in [-0.4, -0.2) is 71.3 Å². The molecule has 1 aromatic carbocycles. The summed E-state index contributed by atoms with van der Waals surface area (Å²) < 4.78 is 10.4. The molecule has 1 atom stereocenters. The predicted molar refractivity (Wildman–Crippen MR) is 164 cm³/mol. The number of hydrogen-bond acceptors (Lipinski definition) is 8. The van der Waals surface area contributed by atoms with Crippen LogP contribution in [0.15, 0.2) is 36.7 Å². The van der Waals surface area contributed by atoms with Crippen LogP contribution in [0.1, 0.15) is 57.7 Å². The number of nitrogens with zero attached hydrogens (tertiary/aromatic N) is 5. The summed E-state index contributed by atoms with van der Waals surface area (Å²) in [6, 6.07) is 12.0. The first-order valence-electron chi connectivity index (χ1n) is 14.2. The van der Waals surface area contributed by atoms with Crippen molar-refractivity contribution in [1.82, 2.24) is 19.9 Å². The zero-order valence-corrected chi connectivity index (χ0v) is 26.9. The number of hydrogen-bond donors (Lipinski definition) is 0. The molecule has 224 valence electrons. The van der Waals surface area contributed by atoms with Crippen LogP contribution in [0.3, 0.4) is 0 Å². The third-order valence-corrected chi connectivity index (χ3v) is 6.77. The molecule has 2 fully saturated rings. The third kappa shape index (κ3) is 13.1. The van der Waals surface area contributed by atoms with Gasteiger partial charge in [0.05, 0.1) is 5.60 Å². The van der Waals surface area contributed by atoms with E-state index in [1.165, 1.54) is 19.3 Å². The monoisotopic (exact) mass is 571 g/mol. The molecule has 4 heterocycles. The molecule has 0 saturated carbocycles. The van der Waals surface area contributed by atoms with E-state index in [4.69, 9.17) is 9.72 Å². The zero-order valence-electron chi connectivity index (χ0n) is 26.9. The van der Waals surface area contributed by atoms with E-state index in [2.05, 4.69) is 64.3 Å². The van der Waals surface area contributed by atoms with Crippen molar-refractivity contribution in [2.75, 3.05) is 38.2 Å². The van der Waals surface area contributed by atoms with Crippen LogP contribution in [0.25, 0.3) is 10.8 Å². The van der Waals surface area contributed by atoms with E-state index < -0.39 is 0 Å². The Kier molecular flexibility index (Phi) is 18.0. The van der Waals surface area contributed by atoms with Crippen molar-refractivity contribution >= 4 is 23.1 Å². The maximum atomic E-state index is 9.47. The fourth-order valence-corrected chi connectivity index (χ4v) is 4.51. The summed E-state index contributed by atoms with van der Waals surface area (Å²) >= 11 is 0. The van der Waals surface area contributed by atoms with Crippen LogP contribution in [0.5, 0.6) is 6.01 Å². The second kappa shape index (κ2) is 20.0. The number of likely N-dealkylation sites (tertiary alicyclic amines) is 1. The smallest absolute Gasteiger partial charge is 0.649 e. The molecule has 2 aliphatic heterocycles. The van der Waals surface area contributed by atoms with E-state index in [0.29, 0.717) is 25.1 Å². The normalized spacial score (nSPS) is 16.7. The third-order valence-electron chi connectivity index (χ3n) is 6.77. The molecule has 0 aliphatic carbocycles. The van der Waals surface area contributed by atoms with Crippen LogP contribution in [0, 0.1) is 32.8 Å². The zero-order chi connectivity index (χ0) is 29.7. The second-order valence-electron chi connectivity index (χ2n) is 11.1. The van der Waals surface area contributed by atoms with Gasteiger partial charge in [-0.15, -0.1) is 30.6 Å². The molecule has 0 N–H and O–H groups in total. The molecule has 0 spiro atoms. The summed E-state index contributed by atoms with van der Waals surface area (Å²) in [6.45, 7) is 18.4. The van der Waals surface area contributed by atoms with Gasteiger partial charge in [-0.3, -0.25) is 4.98 Å². The first kappa shape index (κ1) is 38.8.